The second-order valence-electron chi connectivity index (χ2n) is 5.60. The average molecular weight is 267 g/mol. The third-order valence-corrected chi connectivity index (χ3v) is 4.94. The van der Waals surface area contributed by atoms with Crippen LogP contribution >= 0.6 is 11.6 Å². The van der Waals surface area contributed by atoms with Gasteiger partial charge in [0.25, 0.3) is 0 Å². The van der Waals surface area contributed by atoms with Crippen LogP contribution in [0.1, 0.15) is 37.7 Å². The molecule has 3 atom stereocenters. The number of hydrogen-bond donors (Lipinski definition) is 1. The van der Waals surface area contributed by atoms with Crippen molar-refractivity contribution in [2.45, 2.75) is 49.8 Å². The lowest BCUT2D eigenvalue weighted by molar-refractivity contribution is -0.0358. The molecule has 4 heteroatoms. The molecule has 1 N–H and O–H groups in total. The summed E-state index contributed by atoms with van der Waals surface area (Å²) in [6.07, 6.45) is 7.09. The van der Waals surface area contributed by atoms with E-state index in [0.717, 1.165) is 24.8 Å². The summed E-state index contributed by atoms with van der Waals surface area (Å²) in [4.78, 5) is 6.49. The van der Waals surface area contributed by atoms with Crippen LogP contribution in [0.4, 0.5) is 0 Å². The Morgan fingerprint density at radius 3 is 2.94 bits per heavy atom. The topological polar surface area (TPSA) is 36.4 Å². The molecule has 2 aliphatic rings. The predicted molar refractivity (Wildman–Crippen MR) is 71.6 cm³/mol. The first-order chi connectivity index (χ1) is 8.61. The molecule has 0 saturated carbocycles. The fourth-order valence-corrected chi connectivity index (χ4v) is 3.79. The molecule has 2 bridgehead atoms. The van der Waals surface area contributed by atoms with Crippen LogP contribution in [0.2, 0.25) is 5.15 Å². The van der Waals surface area contributed by atoms with Crippen LogP contribution in [0, 0.1) is 0 Å². The Kier molecular flexibility index (Phi) is 3.08. The van der Waals surface area contributed by atoms with Crippen LogP contribution < -0.4 is 0 Å². The van der Waals surface area contributed by atoms with Gasteiger partial charge in [-0.15, -0.1) is 0 Å². The van der Waals surface area contributed by atoms with Gasteiger partial charge in [0.1, 0.15) is 10.8 Å². The molecule has 18 heavy (non-hydrogen) atoms. The van der Waals surface area contributed by atoms with E-state index in [9.17, 15) is 5.11 Å². The monoisotopic (exact) mass is 266 g/mol. The molecule has 0 amide bonds. The van der Waals surface area contributed by atoms with Crippen LogP contribution in [0.15, 0.2) is 18.3 Å². The van der Waals surface area contributed by atoms with Gasteiger partial charge in [0.2, 0.25) is 0 Å². The van der Waals surface area contributed by atoms with Crippen LogP contribution in [0.25, 0.3) is 0 Å². The van der Waals surface area contributed by atoms with Gasteiger partial charge in [-0.1, -0.05) is 17.7 Å². The van der Waals surface area contributed by atoms with E-state index in [1.807, 2.05) is 6.07 Å². The number of nitrogens with zero attached hydrogens (tertiary/aromatic N) is 2. The van der Waals surface area contributed by atoms with E-state index in [4.69, 9.17) is 11.6 Å². The van der Waals surface area contributed by atoms with E-state index in [2.05, 4.69) is 16.9 Å². The number of likely N-dealkylation sites (N-methyl/N-ethyl adjacent to an activating group) is 1. The van der Waals surface area contributed by atoms with Crippen molar-refractivity contribution in [1.29, 1.82) is 0 Å². The van der Waals surface area contributed by atoms with E-state index in [1.165, 1.54) is 12.8 Å². The molecule has 2 fully saturated rings. The number of aromatic nitrogens is 1. The zero-order chi connectivity index (χ0) is 12.8. The Balaban J connectivity index is 1.99. The molecule has 0 unspecified atom stereocenters. The molecule has 0 aromatic carbocycles. The summed E-state index contributed by atoms with van der Waals surface area (Å²) < 4.78 is 0. The molecular formula is C14H19ClN2O. The van der Waals surface area contributed by atoms with E-state index in [1.54, 1.807) is 12.3 Å². The second-order valence-corrected chi connectivity index (χ2v) is 5.99. The SMILES string of the molecule is CN1[C@H]2CCC[C@@](O)(c3ccc(Cl)nc3)[C@H]1CC2. The Bertz CT molecular complexity index is 436. The van der Waals surface area contributed by atoms with Gasteiger partial charge >= 0.3 is 0 Å². The second kappa shape index (κ2) is 4.48. The quantitative estimate of drug-likeness (QED) is 0.794. The summed E-state index contributed by atoms with van der Waals surface area (Å²) in [5.41, 5.74) is 0.142. The third kappa shape index (κ3) is 1.85. The number of halogens is 1. The molecule has 3 heterocycles. The van der Waals surface area contributed by atoms with Crippen molar-refractivity contribution in [2.24, 2.45) is 0 Å². The van der Waals surface area contributed by atoms with Gasteiger partial charge in [-0.25, -0.2) is 4.98 Å². The lowest BCUT2D eigenvalue weighted by Crippen LogP contribution is -2.46. The summed E-state index contributed by atoms with van der Waals surface area (Å²) in [6.45, 7) is 0. The first-order valence-electron chi connectivity index (χ1n) is 6.67. The standard InChI is InChI=1S/C14H19ClN2O/c1-17-11-3-2-8-14(18,12(17)6-5-11)10-4-7-13(15)16-9-10/h4,7,9,11-12,18H,2-3,5-6,8H2,1H3/t11-,12+,14+/m0/s1. The summed E-state index contributed by atoms with van der Waals surface area (Å²) in [7, 11) is 2.14. The largest absolute Gasteiger partial charge is 0.383 e. The van der Waals surface area contributed by atoms with Crippen molar-refractivity contribution in [2.75, 3.05) is 7.05 Å². The minimum atomic E-state index is -0.766. The molecule has 3 nitrogen and oxygen atoms in total. The van der Waals surface area contributed by atoms with Crippen molar-refractivity contribution in [1.82, 2.24) is 9.88 Å². The van der Waals surface area contributed by atoms with Gasteiger partial charge in [-0.05, 0) is 45.2 Å². The fraction of sp³-hybridized carbons (Fsp3) is 0.643. The van der Waals surface area contributed by atoms with Gasteiger partial charge in [0, 0.05) is 23.8 Å². The Morgan fingerprint density at radius 2 is 2.22 bits per heavy atom. The minimum absolute atomic E-state index is 0.216. The Labute approximate surface area is 113 Å². The fourth-order valence-electron chi connectivity index (χ4n) is 3.68. The van der Waals surface area contributed by atoms with Crippen molar-refractivity contribution in [3.05, 3.63) is 29.0 Å². The van der Waals surface area contributed by atoms with E-state index in [0.29, 0.717) is 11.2 Å². The zero-order valence-corrected chi connectivity index (χ0v) is 11.4. The lowest BCUT2D eigenvalue weighted by Gasteiger charge is -2.37. The highest BCUT2D eigenvalue weighted by Crippen LogP contribution is 2.44. The molecule has 2 saturated heterocycles. The van der Waals surface area contributed by atoms with Crippen molar-refractivity contribution < 1.29 is 5.11 Å². The maximum Gasteiger partial charge on any atom is 0.129 e. The molecule has 3 rings (SSSR count). The highest BCUT2D eigenvalue weighted by molar-refractivity contribution is 6.29. The summed E-state index contributed by atoms with van der Waals surface area (Å²) in [6, 6.07) is 4.55. The van der Waals surface area contributed by atoms with Gasteiger partial charge in [0.15, 0.2) is 0 Å². The first kappa shape index (κ1) is 12.4. The molecular weight excluding hydrogens is 248 g/mol. The average Bonchev–Trinajstić information content (AvgIpc) is 2.65. The van der Waals surface area contributed by atoms with E-state index < -0.39 is 5.60 Å². The Morgan fingerprint density at radius 1 is 1.39 bits per heavy atom. The summed E-state index contributed by atoms with van der Waals surface area (Å²) >= 11 is 5.83. The molecule has 2 aliphatic heterocycles. The molecule has 0 aliphatic carbocycles. The highest BCUT2D eigenvalue weighted by atomic mass is 35.5. The van der Waals surface area contributed by atoms with Crippen LogP contribution in [0.3, 0.4) is 0 Å². The molecule has 1 aromatic rings. The zero-order valence-electron chi connectivity index (χ0n) is 10.6. The van der Waals surface area contributed by atoms with Gasteiger partial charge in [-0.2, -0.15) is 0 Å². The van der Waals surface area contributed by atoms with E-state index in [-0.39, 0.29) is 6.04 Å². The van der Waals surface area contributed by atoms with Gasteiger partial charge < -0.3 is 5.11 Å². The number of rotatable bonds is 1. The van der Waals surface area contributed by atoms with Crippen LogP contribution in [0.5, 0.6) is 0 Å². The number of hydrogen-bond acceptors (Lipinski definition) is 3. The molecule has 1 aromatic heterocycles. The highest BCUT2D eigenvalue weighted by Gasteiger charge is 2.47. The van der Waals surface area contributed by atoms with E-state index >= 15 is 0 Å². The Hall–Kier alpha value is -0.640. The van der Waals surface area contributed by atoms with Crippen molar-refractivity contribution in [3.63, 3.8) is 0 Å². The van der Waals surface area contributed by atoms with Crippen molar-refractivity contribution >= 4 is 11.6 Å². The summed E-state index contributed by atoms with van der Waals surface area (Å²) in [5, 5.41) is 11.6. The number of fused-ring (bicyclic) bond motifs is 2. The maximum atomic E-state index is 11.1. The van der Waals surface area contributed by atoms with Gasteiger partial charge in [-0.3, -0.25) is 4.90 Å². The van der Waals surface area contributed by atoms with Crippen LogP contribution in [-0.4, -0.2) is 34.1 Å². The predicted octanol–water partition coefficient (Wildman–Crippen LogP) is 2.57. The normalized spacial score (nSPS) is 36.6. The summed E-state index contributed by atoms with van der Waals surface area (Å²) in [5.74, 6) is 0. The van der Waals surface area contributed by atoms with Crippen LogP contribution in [-0.2, 0) is 5.60 Å². The van der Waals surface area contributed by atoms with Gasteiger partial charge in [0.05, 0.1) is 0 Å². The number of aliphatic hydroxyl groups is 1. The molecule has 0 radical (unpaired) electrons. The number of pyridine rings is 1. The minimum Gasteiger partial charge on any atom is -0.383 e. The lowest BCUT2D eigenvalue weighted by atomic mass is 9.81. The maximum absolute atomic E-state index is 11.1. The molecule has 0 spiro atoms. The molecule has 98 valence electrons. The first-order valence-corrected chi connectivity index (χ1v) is 7.05. The van der Waals surface area contributed by atoms with Crippen molar-refractivity contribution in [3.8, 4) is 0 Å². The third-order valence-electron chi connectivity index (χ3n) is 4.71. The smallest absolute Gasteiger partial charge is 0.129 e.